The maximum Gasteiger partial charge on any atom is 0.254 e. The Kier molecular flexibility index (Phi) is 5.07. The second kappa shape index (κ2) is 8.48. The molecule has 0 bridgehead atoms. The van der Waals surface area contributed by atoms with Crippen molar-refractivity contribution in [2.75, 3.05) is 10.6 Å². The van der Waals surface area contributed by atoms with Crippen LogP contribution in [0.25, 0.3) is 17.0 Å². The molecular formula is C22H18N10. The van der Waals surface area contributed by atoms with E-state index in [1.54, 1.807) is 22.8 Å². The Labute approximate surface area is 182 Å². The summed E-state index contributed by atoms with van der Waals surface area (Å²) in [5, 5.41) is 19.0. The first-order chi connectivity index (χ1) is 15.8. The summed E-state index contributed by atoms with van der Waals surface area (Å²) in [5.41, 5.74) is 9.39. The SMILES string of the molecule is NC(=Nc1ccc(-c2ccccc2)nn1)Nc1ccccc1Nc1ccnc2ncnn12. The number of fused-ring (bicyclic) bond motifs is 1. The topological polar surface area (TPSA) is 131 Å². The van der Waals surface area contributed by atoms with Crippen LogP contribution in [0.15, 0.2) is 90.3 Å². The number of anilines is 3. The molecule has 5 rings (SSSR count). The summed E-state index contributed by atoms with van der Waals surface area (Å²) < 4.78 is 1.61. The first-order valence-corrected chi connectivity index (χ1v) is 9.77. The van der Waals surface area contributed by atoms with Gasteiger partial charge in [0.25, 0.3) is 5.78 Å². The molecule has 10 nitrogen and oxygen atoms in total. The summed E-state index contributed by atoms with van der Waals surface area (Å²) in [7, 11) is 0. The molecule has 2 aromatic carbocycles. The average molecular weight is 422 g/mol. The number of nitrogens with zero attached hydrogens (tertiary/aromatic N) is 7. The van der Waals surface area contributed by atoms with Crippen LogP contribution in [0.3, 0.4) is 0 Å². The Bertz CT molecular complexity index is 1380. The fourth-order valence-electron chi connectivity index (χ4n) is 3.11. The minimum Gasteiger partial charge on any atom is -0.369 e. The van der Waals surface area contributed by atoms with Crippen molar-refractivity contribution in [2.45, 2.75) is 0 Å². The molecule has 0 aliphatic carbocycles. The first kappa shape index (κ1) is 19.1. The van der Waals surface area contributed by atoms with Gasteiger partial charge in [-0.2, -0.15) is 19.6 Å². The Hall–Kier alpha value is -4.86. The largest absolute Gasteiger partial charge is 0.369 e. The zero-order chi connectivity index (χ0) is 21.8. The highest BCUT2D eigenvalue weighted by Gasteiger charge is 2.08. The summed E-state index contributed by atoms with van der Waals surface area (Å²) in [4.78, 5) is 12.6. The quantitative estimate of drug-likeness (QED) is 0.290. The number of hydrogen-bond donors (Lipinski definition) is 3. The zero-order valence-corrected chi connectivity index (χ0v) is 16.8. The molecule has 4 N–H and O–H groups in total. The number of rotatable bonds is 5. The zero-order valence-electron chi connectivity index (χ0n) is 16.8. The highest BCUT2D eigenvalue weighted by molar-refractivity contribution is 5.97. The molecular weight excluding hydrogens is 404 g/mol. The number of aliphatic imine (C=N–C) groups is 1. The summed E-state index contributed by atoms with van der Waals surface area (Å²) in [6, 6.07) is 22.8. The minimum atomic E-state index is 0.182. The van der Waals surface area contributed by atoms with Crippen molar-refractivity contribution in [1.29, 1.82) is 0 Å². The number of guanidine groups is 1. The van der Waals surface area contributed by atoms with E-state index < -0.39 is 0 Å². The molecule has 0 saturated carbocycles. The van der Waals surface area contributed by atoms with E-state index in [4.69, 9.17) is 5.73 Å². The van der Waals surface area contributed by atoms with Crippen LogP contribution in [0.5, 0.6) is 0 Å². The molecule has 0 aliphatic rings. The van der Waals surface area contributed by atoms with Crippen LogP contribution >= 0.6 is 0 Å². The molecule has 3 aromatic heterocycles. The van der Waals surface area contributed by atoms with Gasteiger partial charge in [0.15, 0.2) is 11.8 Å². The van der Waals surface area contributed by atoms with Crippen molar-refractivity contribution in [3.8, 4) is 11.3 Å². The summed E-state index contributed by atoms with van der Waals surface area (Å²) in [6.07, 6.45) is 3.11. The van der Waals surface area contributed by atoms with E-state index in [0.717, 1.165) is 22.6 Å². The standard InChI is InChI=1S/C22H18N10/c23-21(29-19-11-10-16(30-31-19)15-6-2-1-3-7-15)28-18-9-5-4-8-17(18)27-20-12-13-24-22-25-14-26-32(20)22/h1-14,27H,(H3,23,28,29,31). The molecule has 0 aliphatic heterocycles. The van der Waals surface area contributed by atoms with Gasteiger partial charge in [-0.05, 0) is 30.3 Å². The fourth-order valence-corrected chi connectivity index (χ4v) is 3.11. The predicted octanol–water partition coefficient (Wildman–Crippen LogP) is 3.38. The Morgan fingerprint density at radius 3 is 2.47 bits per heavy atom. The molecule has 0 amide bonds. The highest BCUT2D eigenvalue weighted by atomic mass is 15.4. The average Bonchev–Trinajstić information content (AvgIpc) is 3.31. The van der Waals surface area contributed by atoms with Crippen molar-refractivity contribution in [3.05, 3.63) is 85.3 Å². The summed E-state index contributed by atoms with van der Waals surface area (Å²) in [5.74, 6) is 1.79. The molecule has 0 atom stereocenters. The second-order valence-electron chi connectivity index (χ2n) is 6.74. The summed E-state index contributed by atoms with van der Waals surface area (Å²) in [6.45, 7) is 0. The molecule has 0 fully saturated rings. The van der Waals surface area contributed by atoms with Crippen LogP contribution in [0.4, 0.5) is 23.0 Å². The van der Waals surface area contributed by atoms with E-state index >= 15 is 0 Å². The molecule has 5 aromatic rings. The van der Waals surface area contributed by atoms with Gasteiger partial charge >= 0.3 is 0 Å². The molecule has 0 spiro atoms. The van der Waals surface area contributed by atoms with Crippen LogP contribution in [0.1, 0.15) is 0 Å². The summed E-state index contributed by atoms with van der Waals surface area (Å²) >= 11 is 0. The lowest BCUT2D eigenvalue weighted by Crippen LogP contribution is -2.22. The van der Waals surface area contributed by atoms with Crippen molar-refractivity contribution in [2.24, 2.45) is 10.7 Å². The number of nitrogens with two attached hydrogens (primary N) is 1. The number of hydrogen-bond acceptors (Lipinski definition) is 7. The number of para-hydroxylation sites is 2. The minimum absolute atomic E-state index is 0.182. The smallest absolute Gasteiger partial charge is 0.254 e. The molecule has 0 saturated heterocycles. The maximum atomic E-state index is 6.13. The lowest BCUT2D eigenvalue weighted by molar-refractivity contribution is 0.947. The van der Waals surface area contributed by atoms with Gasteiger partial charge < -0.3 is 16.4 Å². The van der Waals surface area contributed by atoms with Gasteiger partial charge in [-0.15, -0.1) is 10.2 Å². The maximum absolute atomic E-state index is 6.13. The van der Waals surface area contributed by atoms with E-state index in [9.17, 15) is 0 Å². The van der Waals surface area contributed by atoms with E-state index in [1.807, 2.05) is 60.7 Å². The van der Waals surface area contributed by atoms with Gasteiger partial charge in [0, 0.05) is 11.8 Å². The van der Waals surface area contributed by atoms with Gasteiger partial charge in [0.1, 0.15) is 12.1 Å². The highest BCUT2D eigenvalue weighted by Crippen LogP contribution is 2.25. The van der Waals surface area contributed by atoms with Gasteiger partial charge in [-0.25, -0.2) is 4.98 Å². The van der Waals surface area contributed by atoms with Crippen LogP contribution in [0, 0.1) is 0 Å². The Balaban J connectivity index is 1.35. The molecule has 10 heteroatoms. The molecule has 32 heavy (non-hydrogen) atoms. The van der Waals surface area contributed by atoms with E-state index in [2.05, 4.69) is 40.9 Å². The van der Waals surface area contributed by atoms with Crippen LogP contribution in [-0.4, -0.2) is 35.7 Å². The lowest BCUT2D eigenvalue weighted by atomic mass is 10.1. The molecule has 0 radical (unpaired) electrons. The van der Waals surface area contributed by atoms with E-state index in [0.29, 0.717) is 17.4 Å². The van der Waals surface area contributed by atoms with Crippen LogP contribution in [0.2, 0.25) is 0 Å². The second-order valence-corrected chi connectivity index (χ2v) is 6.74. The van der Waals surface area contributed by atoms with Crippen LogP contribution < -0.4 is 16.4 Å². The number of aromatic nitrogens is 6. The van der Waals surface area contributed by atoms with Crippen molar-refractivity contribution in [1.82, 2.24) is 29.8 Å². The van der Waals surface area contributed by atoms with E-state index in [1.165, 1.54) is 6.33 Å². The van der Waals surface area contributed by atoms with Crippen molar-refractivity contribution in [3.63, 3.8) is 0 Å². The lowest BCUT2D eigenvalue weighted by Gasteiger charge is -2.13. The normalized spacial score (nSPS) is 11.4. The Morgan fingerprint density at radius 1 is 0.844 bits per heavy atom. The predicted molar refractivity (Wildman–Crippen MR) is 123 cm³/mol. The Morgan fingerprint density at radius 2 is 1.66 bits per heavy atom. The fraction of sp³-hybridized carbons (Fsp3) is 0. The molecule has 156 valence electrons. The van der Waals surface area contributed by atoms with Crippen molar-refractivity contribution >= 4 is 34.7 Å². The first-order valence-electron chi connectivity index (χ1n) is 9.77. The third-order valence-corrected chi connectivity index (χ3v) is 4.59. The number of nitrogens with one attached hydrogen (secondary N) is 2. The van der Waals surface area contributed by atoms with E-state index in [-0.39, 0.29) is 5.96 Å². The monoisotopic (exact) mass is 422 g/mol. The third kappa shape index (κ3) is 4.05. The van der Waals surface area contributed by atoms with Gasteiger partial charge in [0.2, 0.25) is 0 Å². The molecule has 0 unspecified atom stereocenters. The van der Waals surface area contributed by atoms with Crippen molar-refractivity contribution < 1.29 is 0 Å². The third-order valence-electron chi connectivity index (χ3n) is 4.59. The van der Waals surface area contributed by atoms with Gasteiger partial charge in [-0.3, -0.25) is 0 Å². The van der Waals surface area contributed by atoms with Gasteiger partial charge in [0.05, 0.1) is 17.1 Å². The molecule has 3 heterocycles. The van der Waals surface area contributed by atoms with Gasteiger partial charge in [-0.1, -0.05) is 42.5 Å². The van der Waals surface area contributed by atoms with Crippen LogP contribution in [-0.2, 0) is 0 Å². The number of benzene rings is 2.